The standard InChI is InChI=1S/C19H26N6O3/c1-4-20-18(26)24(3)19(9-7-13(2)8-10-19)17-21-22-23-25(17)14-5-6-15-16(11-14)28-12-27-15/h5-6,11,13H,4,7-10,12H2,1-3H3,(H,20,26). The molecule has 0 unspecified atom stereocenters. The average molecular weight is 386 g/mol. The highest BCUT2D eigenvalue weighted by Crippen LogP contribution is 2.43. The lowest BCUT2D eigenvalue weighted by Crippen LogP contribution is -2.53. The van der Waals surface area contributed by atoms with Gasteiger partial charge in [-0.1, -0.05) is 6.92 Å². The summed E-state index contributed by atoms with van der Waals surface area (Å²) in [6, 6.07) is 5.51. The van der Waals surface area contributed by atoms with Crippen LogP contribution in [-0.2, 0) is 5.54 Å². The van der Waals surface area contributed by atoms with Crippen molar-refractivity contribution in [3.8, 4) is 17.2 Å². The van der Waals surface area contributed by atoms with E-state index in [0.29, 0.717) is 29.8 Å². The van der Waals surface area contributed by atoms with Crippen molar-refractivity contribution < 1.29 is 14.3 Å². The highest BCUT2D eigenvalue weighted by Gasteiger charge is 2.46. The maximum absolute atomic E-state index is 12.7. The van der Waals surface area contributed by atoms with Crippen LogP contribution in [0, 0.1) is 5.92 Å². The van der Waals surface area contributed by atoms with E-state index >= 15 is 0 Å². The lowest BCUT2D eigenvalue weighted by molar-refractivity contribution is 0.0726. The normalized spacial score (nSPS) is 23.5. The van der Waals surface area contributed by atoms with E-state index in [9.17, 15) is 4.79 Å². The molecule has 1 aromatic heterocycles. The van der Waals surface area contributed by atoms with Gasteiger partial charge in [0.05, 0.1) is 5.69 Å². The largest absolute Gasteiger partial charge is 0.454 e. The van der Waals surface area contributed by atoms with Gasteiger partial charge in [-0.05, 0) is 61.1 Å². The number of fused-ring (bicyclic) bond motifs is 1. The van der Waals surface area contributed by atoms with Gasteiger partial charge in [0, 0.05) is 19.7 Å². The van der Waals surface area contributed by atoms with Crippen LogP contribution in [0.25, 0.3) is 5.69 Å². The van der Waals surface area contributed by atoms with Crippen LogP contribution in [0.5, 0.6) is 11.5 Å². The average Bonchev–Trinajstić information content (AvgIpc) is 3.37. The van der Waals surface area contributed by atoms with Crippen LogP contribution in [0.4, 0.5) is 4.79 Å². The number of tetrazole rings is 1. The van der Waals surface area contributed by atoms with Crippen LogP contribution in [0.1, 0.15) is 45.4 Å². The highest BCUT2D eigenvalue weighted by molar-refractivity contribution is 5.75. The molecule has 1 aliphatic heterocycles. The lowest BCUT2D eigenvalue weighted by Gasteiger charge is -2.44. The predicted octanol–water partition coefficient (Wildman–Crippen LogP) is 2.46. The number of rotatable bonds is 4. The SMILES string of the molecule is CCNC(=O)N(C)C1(c2nnnn2-c2ccc3c(c2)OCO3)CCC(C)CC1. The van der Waals surface area contributed by atoms with Gasteiger partial charge in [-0.3, -0.25) is 0 Å². The number of urea groups is 1. The van der Waals surface area contributed by atoms with Crippen LogP contribution in [0.3, 0.4) is 0 Å². The maximum Gasteiger partial charge on any atom is 0.317 e. The van der Waals surface area contributed by atoms with Crippen molar-refractivity contribution in [3.63, 3.8) is 0 Å². The number of aromatic nitrogens is 4. The quantitative estimate of drug-likeness (QED) is 0.867. The molecule has 2 amide bonds. The Kier molecular flexibility index (Phi) is 4.82. The zero-order valence-electron chi connectivity index (χ0n) is 16.5. The first-order valence-electron chi connectivity index (χ1n) is 9.75. The third kappa shape index (κ3) is 3.04. The molecular formula is C19H26N6O3. The van der Waals surface area contributed by atoms with Gasteiger partial charge in [0.15, 0.2) is 17.3 Å². The second-order valence-corrected chi connectivity index (χ2v) is 7.56. The number of carbonyl (C=O) groups excluding carboxylic acids is 1. The van der Waals surface area contributed by atoms with Crippen molar-refractivity contribution in [2.75, 3.05) is 20.4 Å². The molecule has 28 heavy (non-hydrogen) atoms. The van der Waals surface area contributed by atoms with Crippen molar-refractivity contribution in [1.82, 2.24) is 30.4 Å². The fraction of sp³-hybridized carbons (Fsp3) is 0.579. The number of nitrogens with zero attached hydrogens (tertiary/aromatic N) is 5. The summed E-state index contributed by atoms with van der Waals surface area (Å²) in [5, 5.41) is 15.5. The van der Waals surface area contributed by atoms with Crippen molar-refractivity contribution in [3.05, 3.63) is 24.0 Å². The minimum Gasteiger partial charge on any atom is -0.454 e. The van der Waals surface area contributed by atoms with E-state index in [0.717, 1.165) is 31.4 Å². The molecule has 0 bridgehead atoms. The first-order chi connectivity index (χ1) is 13.5. The molecule has 0 radical (unpaired) electrons. The summed E-state index contributed by atoms with van der Waals surface area (Å²) in [4.78, 5) is 14.5. The second-order valence-electron chi connectivity index (χ2n) is 7.56. The van der Waals surface area contributed by atoms with Gasteiger partial charge in [-0.15, -0.1) is 5.10 Å². The van der Waals surface area contributed by atoms with Gasteiger partial charge in [0.1, 0.15) is 5.54 Å². The molecule has 2 heterocycles. The predicted molar refractivity (Wildman–Crippen MR) is 101 cm³/mol. The Balaban J connectivity index is 1.76. The van der Waals surface area contributed by atoms with E-state index in [1.807, 2.05) is 32.2 Å². The smallest absolute Gasteiger partial charge is 0.317 e. The van der Waals surface area contributed by atoms with Gasteiger partial charge in [-0.2, -0.15) is 4.68 Å². The van der Waals surface area contributed by atoms with Crippen LogP contribution in [0.15, 0.2) is 18.2 Å². The van der Waals surface area contributed by atoms with E-state index in [4.69, 9.17) is 9.47 Å². The fourth-order valence-electron chi connectivity index (χ4n) is 4.08. The Morgan fingerprint density at radius 1 is 1.32 bits per heavy atom. The lowest BCUT2D eigenvalue weighted by atomic mass is 9.75. The van der Waals surface area contributed by atoms with Crippen molar-refractivity contribution in [2.24, 2.45) is 5.92 Å². The van der Waals surface area contributed by atoms with Crippen LogP contribution >= 0.6 is 0 Å². The Morgan fingerprint density at radius 3 is 2.82 bits per heavy atom. The molecular weight excluding hydrogens is 360 g/mol. The summed E-state index contributed by atoms with van der Waals surface area (Å²) in [6.07, 6.45) is 3.65. The molecule has 0 saturated heterocycles. The van der Waals surface area contributed by atoms with Gasteiger partial charge >= 0.3 is 6.03 Å². The van der Waals surface area contributed by atoms with Crippen molar-refractivity contribution >= 4 is 6.03 Å². The minimum atomic E-state index is -0.564. The molecule has 9 nitrogen and oxygen atoms in total. The fourth-order valence-corrected chi connectivity index (χ4v) is 4.08. The van der Waals surface area contributed by atoms with Crippen molar-refractivity contribution in [2.45, 2.75) is 45.1 Å². The van der Waals surface area contributed by atoms with Crippen LogP contribution < -0.4 is 14.8 Å². The van der Waals surface area contributed by atoms with Crippen molar-refractivity contribution in [1.29, 1.82) is 0 Å². The number of benzene rings is 1. The van der Waals surface area contributed by atoms with Crippen LogP contribution in [0.2, 0.25) is 0 Å². The van der Waals surface area contributed by atoms with Gasteiger partial charge in [0.2, 0.25) is 6.79 Å². The molecule has 0 atom stereocenters. The Bertz CT molecular complexity index is 859. The molecule has 9 heteroatoms. The van der Waals surface area contributed by atoms with E-state index in [-0.39, 0.29) is 12.8 Å². The second kappa shape index (κ2) is 7.29. The number of carbonyl (C=O) groups is 1. The van der Waals surface area contributed by atoms with Gasteiger partial charge in [-0.25, -0.2) is 4.79 Å². The third-order valence-corrected chi connectivity index (χ3v) is 5.86. The monoisotopic (exact) mass is 386 g/mol. The number of nitrogens with one attached hydrogen (secondary N) is 1. The van der Waals surface area contributed by atoms with E-state index in [1.54, 1.807) is 9.58 Å². The van der Waals surface area contributed by atoms with E-state index < -0.39 is 5.54 Å². The Morgan fingerprint density at radius 2 is 2.07 bits per heavy atom. The molecule has 1 fully saturated rings. The summed E-state index contributed by atoms with van der Waals surface area (Å²) in [7, 11) is 1.83. The summed E-state index contributed by atoms with van der Waals surface area (Å²) >= 11 is 0. The zero-order chi connectivity index (χ0) is 19.7. The first-order valence-corrected chi connectivity index (χ1v) is 9.75. The highest BCUT2D eigenvalue weighted by atomic mass is 16.7. The summed E-state index contributed by atoms with van der Waals surface area (Å²) in [5.41, 5.74) is 0.220. The van der Waals surface area contributed by atoms with E-state index in [2.05, 4.69) is 27.8 Å². The third-order valence-electron chi connectivity index (χ3n) is 5.86. The first kappa shape index (κ1) is 18.5. The number of hydrogen-bond acceptors (Lipinski definition) is 6. The molecule has 2 aromatic rings. The van der Waals surface area contributed by atoms with Gasteiger partial charge < -0.3 is 19.7 Å². The Hall–Kier alpha value is -2.84. The topological polar surface area (TPSA) is 94.4 Å². The summed E-state index contributed by atoms with van der Waals surface area (Å²) in [5.74, 6) is 2.67. The maximum atomic E-state index is 12.7. The number of hydrogen-bond donors (Lipinski definition) is 1. The number of ether oxygens (including phenoxy) is 2. The molecule has 1 saturated carbocycles. The summed E-state index contributed by atoms with van der Waals surface area (Å²) < 4.78 is 12.6. The van der Waals surface area contributed by atoms with Gasteiger partial charge in [0.25, 0.3) is 0 Å². The Labute approximate surface area is 164 Å². The molecule has 2 aliphatic rings. The van der Waals surface area contributed by atoms with Crippen LogP contribution in [-0.4, -0.2) is 51.5 Å². The molecule has 4 rings (SSSR count). The molecule has 1 N–H and O–H groups in total. The number of amides is 2. The zero-order valence-corrected chi connectivity index (χ0v) is 16.5. The molecule has 150 valence electrons. The summed E-state index contributed by atoms with van der Waals surface area (Å²) in [6.45, 7) is 4.95. The molecule has 1 aliphatic carbocycles. The minimum absolute atomic E-state index is 0.114. The van der Waals surface area contributed by atoms with E-state index in [1.165, 1.54) is 0 Å². The molecule has 0 spiro atoms. The molecule has 1 aromatic carbocycles.